The highest BCUT2D eigenvalue weighted by molar-refractivity contribution is 7.03. The molecule has 2 N–H and O–H groups in total. The van der Waals surface area contributed by atoms with E-state index in [-0.39, 0.29) is 0 Å². The minimum atomic E-state index is 0.399. The molecule has 0 aliphatic rings. The van der Waals surface area contributed by atoms with Crippen LogP contribution in [0.15, 0.2) is 48.5 Å². The quantitative estimate of drug-likeness (QED) is 0.773. The topological polar surface area (TPSA) is 53.7 Å². The van der Waals surface area contributed by atoms with Gasteiger partial charge in [0.15, 0.2) is 0 Å². The van der Waals surface area contributed by atoms with Gasteiger partial charge in [-0.15, -0.1) is 0 Å². The van der Waals surface area contributed by atoms with Gasteiger partial charge in [0.1, 0.15) is 0 Å². The lowest BCUT2D eigenvalue weighted by Gasteiger charge is -2.10. The van der Waals surface area contributed by atoms with E-state index >= 15 is 0 Å². The first-order chi connectivity index (χ1) is 10.1. The molecule has 3 aromatic rings. The normalized spacial score (nSPS) is 10.6. The summed E-state index contributed by atoms with van der Waals surface area (Å²) in [5.74, 6) is 0.668. The van der Waals surface area contributed by atoms with Crippen molar-refractivity contribution < 1.29 is 0 Å². The molecule has 0 radical (unpaired) electrons. The van der Waals surface area contributed by atoms with Crippen LogP contribution in [0.5, 0.6) is 0 Å². The van der Waals surface area contributed by atoms with Crippen LogP contribution < -0.4 is 10.1 Å². The van der Waals surface area contributed by atoms with Crippen molar-refractivity contribution in [2.24, 2.45) is 0 Å². The second kappa shape index (κ2) is 5.54. The fourth-order valence-electron chi connectivity index (χ4n) is 2.20. The Morgan fingerprint density at radius 2 is 1.76 bits per heavy atom. The molecule has 4 nitrogen and oxygen atoms in total. The van der Waals surface area contributed by atoms with Gasteiger partial charge in [-0.3, -0.25) is 9.98 Å². The van der Waals surface area contributed by atoms with Crippen molar-refractivity contribution in [3.05, 3.63) is 64.5 Å². The van der Waals surface area contributed by atoms with Gasteiger partial charge >= 0.3 is 0 Å². The molecule has 0 unspecified atom stereocenters. The summed E-state index contributed by atoms with van der Waals surface area (Å²) in [6.45, 7) is 4.10. The Bertz CT molecular complexity index is 832. The monoisotopic (exact) mass is 296 g/mol. The summed E-state index contributed by atoms with van der Waals surface area (Å²) < 4.78 is 6.17. The van der Waals surface area contributed by atoms with Crippen molar-refractivity contribution in [3.63, 3.8) is 0 Å². The fourth-order valence-corrected chi connectivity index (χ4v) is 2.78. The van der Waals surface area contributed by atoms with E-state index < -0.39 is 0 Å². The molecule has 3 rings (SSSR count). The standard InChI is InChI=1S/C16H16N4S/c1-11-5-3-7-13(9-11)18-16-19-21-15(17)20(16)14-8-4-6-12(2)10-14/h3-10,17H,1-2H3,(H,18,19). The predicted molar refractivity (Wildman–Crippen MR) is 86.5 cm³/mol. The van der Waals surface area contributed by atoms with Crippen molar-refractivity contribution in [2.75, 3.05) is 5.32 Å². The van der Waals surface area contributed by atoms with Crippen molar-refractivity contribution in [1.29, 1.82) is 5.41 Å². The molecule has 0 atom stereocenters. The summed E-state index contributed by atoms with van der Waals surface area (Å²) in [7, 11) is 0. The number of benzene rings is 2. The first-order valence-electron chi connectivity index (χ1n) is 6.67. The minimum Gasteiger partial charge on any atom is -0.325 e. The summed E-state index contributed by atoms with van der Waals surface area (Å²) in [6.07, 6.45) is 0. The number of nitrogens with one attached hydrogen (secondary N) is 2. The van der Waals surface area contributed by atoms with E-state index in [4.69, 9.17) is 5.41 Å². The Morgan fingerprint density at radius 3 is 2.48 bits per heavy atom. The Labute approximate surface area is 127 Å². The number of aromatic nitrogens is 2. The van der Waals surface area contributed by atoms with Gasteiger partial charge in [0.05, 0.1) is 5.69 Å². The number of hydrogen-bond donors (Lipinski definition) is 2. The van der Waals surface area contributed by atoms with Crippen LogP contribution in [0.25, 0.3) is 5.69 Å². The van der Waals surface area contributed by atoms with Crippen LogP contribution in [0.2, 0.25) is 0 Å². The lowest BCUT2D eigenvalue weighted by molar-refractivity contribution is 0.970. The molecular formula is C16H16N4S. The smallest absolute Gasteiger partial charge is 0.225 e. The molecule has 5 heteroatoms. The van der Waals surface area contributed by atoms with Crippen LogP contribution in [0.3, 0.4) is 0 Å². The molecule has 0 saturated carbocycles. The third-order valence-corrected chi connectivity index (χ3v) is 3.79. The second-order valence-corrected chi connectivity index (χ2v) is 5.73. The van der Waals surface area contributed by atoms with E-state index in [1.54, 1.807) is 0 Å². The van der Waals surface area contributed by atoms with Crippen LogP contribution in [0.4, 0.5) is 11.6 Å². The summed E-state index contributed by atoms with van der Waals surface area (Å²) in [5, 5.41) is 11.4. The number of nitrogens with zero attached hydrogens (tertiary/aromatic N) is 2. The molecule has 1 heterocycles. The van der Waals surface area contributed by atoms with Crippen LogP contribution in [0, 0.1) is 19.3 Å². The Balaban J connectivity index is 2.03. The molecule has 0 spiro atoms. The zero-order chi connectivity index (χ0) is 14.8. The van der Waals surface area contributed by atoms with Gasteiger partial charge in [0, 0.05) is 17.2 Å². The van der Waals surface area contributed by atoms with Gasteiger partial charge in [0.25, 0.3) is 0 Å². The predicted octanol–water partition coefficient (Wildman–Crippen LogP) is 3.77. The van der Waals surface area contributed by atoms with Gasteiger partial charge in [-0.05, 0) is 49.2 Å². The highest BCUT2D eigenvalue weighted by Gasteiger charge is 2.09. The molecule has 2 aromatic carbocycles. The number of aryl methyl sites for hydroxylation is 2. The molecule has 0 saturated heterocycles. The van der Waals surface area contributed by atoms with Crippen LogP contribution in [-0.4, -0.2) is 8.94 Å². The lowest BCUT2D eigenvalue weighted by Crippen LogP contribution is -2.13. The number of anilines is 2. The summed E-state index contributed by atoms with van der Waals surface area (Å²) >= 11 is 1.17. The average molecular weight is 296 g/mol. The van der Waals surface area contributed by atoms with Crippen LogP contribution >= 0.6 is 11.5 Å². The maximum Gasteiger partial charge on any atom is 0.225 e. The highest BCUT2D eigenvalue weighted by Crippen LogP contribution is 2.19. The maximum absolute atomic E-state index is 8.09. The van der Waals surface area contributed by atoms with E-state index in [0.717, 1.165) is 16.9 Å². The van der Waals surface area contributed by atoms with Gasteiger partial charge in [-0.25, -0.2) is 0 Å². The van der Waals surface area contributed by atoms with E-state index in [1.165, 1.54) is 17.1 Å². The van der Waals surface area contributed by atoms with Gasteiger partial charge in [0.2, 0.25) is 10.7 Å². The summed E-state index contributed by atoms with van der Waals surface area (Å²) in [5.41, 5.74) is 4.26. The van der Waals surface area contributed by atoms with E-state index in [0.29, 0.717) is 10.7 Å². The molecule has 106 valence electrons. The van der Waals surface area contributed by atoms with E-state index in [2.05, 4.69) is 28.7 Å². The first kappa shape index (κ1) is 13.6. The zero-order valence-electron chi connectivity index (χ0n) is 11.9. The van der Waals surface area contributed by atoms with E-state index in [1.807, 2.05) is 47.9 Å². The van der Waals surface area contributed by atoms with Crippen LogP contribution in [-0.2, 0) is 0 Å². The third-order valence-electron chi connectivity index (χ3n) is 3.17. The molecular weight excluding hydrogens is 280 g/mol. The SMILES string of the molecule is Cc1cccc(Nc2nsc(=N)n2-c2cccc(C)c2)c1. The fraction of sp³-hybridized carbons (Fsp3) is 0.125. The number of rotatable bonds is 3. The van der Waals surface area contributed by atoms with Crippen LogP contribution in [0.1, 0.15) is 11.1 Å². The molecule has 0 bridgehead atoms. The average Bonchev–Trinajstić information content (AvgIpc) is 2.80. The van der Waals surface area contributed by atoms with Crippen molar-refractivity contribution in [2.45, 2.75) is 13.8 Å². The molecule has 1 aromatic heterocycles. The summed E-state index contributed by atoms with van der Waals surface area (Å²) in [4.78, 5) is 0.399. The molecule has 21 heavy (non-hydrogen) atoms. The van der Waals surface area contributed by atoms with Gasteiger partial charge in [-0.1, -0.05) is 24.3 Å². The van der Waals surface area contributed by atoms with Gasteiger partial charge in [-0.2, -0.15) is 4.37 Å². The molecule has 0 aliphatic carbocycles. The lowest BCUT2D eigenvalue weighted by atomic mass is 10.2. The van der Waals surface area contributed by atoms with Crippen molar-refractivity contribution in [3.8, 4) is 5.69 Å². The molecule has 0 amide bonds. The Kier molecular flexibility index (Phi) is 3.58. The first-order valence-corrected chi connectivity index (χ1v) is 7.45. The van der Waals surface area contributed by atoms with E-state index in [9.17, 15) is 0 Å². The third kappa shape index (κ3) is 2.87. The largest absolute Gasteiger partial charge is 0.325 e. The zero-order valence-corrected chi connectivity index (χ0v) is 12.7. The highest BCUT2D eigenvalue weighted by atomic mass is 32.1. The Hall–Kier alpha value is -2.40. The Morgan fingerprint density at radius 1 is 1.05 bits per heavy atom. The number of hydrogen-bond acceptors (Lipinski definition) is 4. The van der Waals surface area contributed by atoms with Crippen molar-refractivity contribution in [1.82, 2.24) is 8.94 Å². The molecule has 0 fully saturated rings. The van der Waals surface area contributed by atoms with Crippen molar-refractivity contribution >= 4 is 23.2 Å². The minimum absolute atomic E-state index is 0.399. The summed E-state index contributed by atoms with van der Waals surface area (Å²) in [6, 6.07) is 16.2. The molecule has 0 aliphatic heterocycles. The maximum atomic E-state index is 8.09. The second-order valence-electron chi connectivity index (χ2n) is 4.98. The van der Waals surface area contributed by atoms with Gasteiger partial charge < -0.3 is 5.32 Å².